The number of aliphatic carboxylic acids is 1. The van der Waals surface area contributed by atoms with Crippen LogP contribution in [0.4, 0.5) is 0 Å². The number of amides is 1. The SMILES string of the molecule is NC(C(=O)NC1CCCCCC1C(=O)O)c1cccs1. The quantitative estimate of drug-likeness (QED) is 0.740. The molecule has 1 aliphatic rings. The average molecular weight is 296 g/mol. The topological polar surface area (TPSA) is 92.4 Å². The van der Waals surface area contributed by atoms with Gasteiger partial charge in [0.1, 0.15) is 6.04 Å². The zero-order chi connectivity index (χ0) is 14.5. The van der Waals surface area contributed by atoms with Crippen molar-refractivity contribution in [2.45, 2.75) is 44.2 Å². The number of nitrogens with two attached hydrogens (primary N) is 1. The van der Waals surface area contributed by atoms with Crippen molar-refractivity contribution in [1.29, 1.82) is 0 Å². The summed E-state index contributed by atoms with van der Waals surface area (Å²) < 4.78 is 0. The van der Waals surface area contributed by atoms with Crippen molar-refractivity contribution in [2.75, 3.05) is 0 Å². The molecule has 1 aliphatic carbocycles. The maximum absolute atomic E-state index is 12.2. The number of rotatable bonds is 4. The van der Waals surface area contributed by atoms with Crippen molar-refractivity contribution >= 4 is 23.2 Å². The third kappa shape index (κ3) is 3.58. The van der Waals surface area contributed by atoms with Crippen LogP contribution >= 0.6 is 11.3 Å². The van der Waals surface area contributed by atoms with E-state index in [1.807, 2.05) is 17.5 Å². The highest BCUT2D eigenvalue weighted by Crippen LogP contribution is 2.25. The number of thiophene rings is 1. The van der Waals surface area contributed by atoms with Crippen LogP contribution in [0.1, 0.15) is 43.0 Å². The Hall–Kier alpha value is -1.40. The van der Waals surface area contributed by atoms with Gasteiger partial charge in [0.05, 0.1) is 5.92 Å². The van der Waals surface area contributed by atoms with Gasteiger partial charge in [-0.1, -0.05) is 25.3 Å². The van der Waals surface area contributed by atoms with Crippen LogP contribution in [-0.2, 0) is 9.59 Å². The van der Waals surface area contributed by atoms with Crippen molar-refractivity contribution in [3.63, 3.8) is 0 Å². The standard InChI is InChI=1S/C14H20N2O3S/c15-12(11-7-4-8-20-11)13(17)16-10-6-3-1-2-5-9(10)14(18)19/h4,7-10,12H,1-3,5-6,15H2,(H,16,17)(H,18,19). The molecule has 1 aromatic rings. The molecule has 0 bridgehead atoms. The molecule has 0 saturated heterocycles. The Balaban J connectivity index is 2.02. The molecule has 1 saturated carbocycles. The van der Waals surface area contributed by atoms with Gasteiger partial charge < -0.3 is 16.2 Å². The highest BCUT2D eigenvalue weighted by atomic mass is 32.1. The van der Waals surface area contributed by atoms with Crippen molar-refractivity contribution < 1.29 is 14.7 Å². The van der Waals surface area contributed by atoms with Crippen LogP contribution in [-0.4, -0.2) is 23.0 Å². The minimum Gasteiger partial charge on any atom is -0.481 e. The first-order chi connectivity index (χ1) is 9.59. The normalized spacial score (nSPS) is 24.6. The zero-order valence-electron chi connectivity index (χ0n) is 11.2. The fraction of sp³-hybridized carbons (Fsp3) is 0.571. The predicted octanol–water partition coefficient (Wildman–Crippen LogP) is 1.90. The van der Waals surface area contributed by atoms with Gasteiger partial charge in [-0.05, 0) is 24.3 Å². The lowest BCUT2D eigenvalue weighted by atomic mass is 9.94. The maximum Gasteiger partial charge on any atom is 0.308 e. The lowest BCUT2D eigenvalue weighted by Crippen LogP contribution is -2.46. The Morgan fingerprint density at radius 2 is 2.10 bits per heavy atom. The zero-order valence-corrected chi connectivity index (χ0v) is 12.1. The van der Waals surface area contributed by atoms with Crippen LogP contribution in [0.2, 0.25) is 0 Å². The summed E-state index contributed by atoms with van der Waals surface area (Å²) in [4.78, 5) is 24.3. The Kier molecular flexibility index (Phi) is 5.14. The molecule has 1 amide bonds. The van der Waals surface area contributed by atoms with Gasteiger partial charge in [0.2, 0.25) is 5.91 Å². The fourth-order valence-electron chi connectivity index (χ4n) is 2.65. The van der Waals surface area contributed by atoms with E-state index in [0.717, 1.165) is 24.1 Å². The summed E-state index contributed by atoms with van der Waals surface area (Å²) in [5.74, 6) is -1.62. The van der Waals surface area contributed by atoms with E-state index in [1.165, 1.54) is 11.3 Å². The van der Waals surface area contributed by atoms with Gasteiger partial charge >= 0.3 is 5.97 Å². The first-order valence-electron chi connectivity index (χ1n) is 6.91. The molecule has 0 aromatic carbocycles. The summed E-state index contributed by atoms with van der Waals surface area (Å²) in [6, 6.07) is 2.64. The number of carboxylic acid groups (broad SMARTS) is 1. The molecule has 0 spiro atoms. The van der Waals surface area contributed by atoms with Gasteiger partial charge in [0.25, 0.3) is 0 Å². The molecule has 0 radical (unpaired) electrons. The molecule has 1 fully saturated rings. The molecule has 3 atom stereocenters. The minimum atomic E-state index is -0.832. The van der Waals surface area contributed by atoms with Crippen LogP contribution in [0.5, 0.6) is 0 Å². The first kappa shape index (κ1) is 15.0. The van der Waals surface area contributed by atoms with E-state index >= 15 is 0 Å². The Morgan fingerprint density at radius 1 is 1.35 bits per heavy atom. The van der Waals surface area contributed by atoms with E-state index in [-0.39, 0.29) is 11.9 Å². The van der Waals surface area contributed by atoms with Gasteiger partial charge in [-0.3, -0.25) is 9.59 Å². The summed E-state index contributed by atoms with van der Waals surface area (Å²) in [6.45, 7) is 0. The number of hydrogen-bond donors (Lipinski definition) is 3. The van der Waals surface area contributed by atoms with Crippen LogP contribution in [0.25, 0.3) is 0 Å². The van der Waals surface area contributed by atoms with E-state index in [1.54, 1.807) is 0 Å². The van der Waals surface area contributed by atoms with Crippen LogP contribution < -0.4 is 11.1 Å². The molecule has 110 valence electrons. The molecular formula is C14H20N2O3S. The van der Waals surface area contributed by atoms with Crippen LogP contribution in [0, 0.1) is 5.92 Å². The van der Waals surface area contributed by atoms with Crippen LogP contribution in [0.15, 0.2) is 17.5 Å². The number of carboxylic acids is 1. The number of hydrogen-bond acceptors (Lipinski definition) is 4. The smallest absolute Gasteiger partial charge is 0.308 e. The molecule has 2 rings (SSSR count). The summed E-state index contributed by atoms with van der Waals surface area (Å²) in [6.07, 6.45) is 4.20. The van der Waals surface area contributed by atoms with Crippen LogP contribution in [0.3, 0.4) is 0 Å². The van der Waals surface area contributed by atoms with Gasteiger partial charge in [-0.2, -0.15) is 0 Å². The van der Waals surface area contributed by atoms with Crippen molar-refractivity contribution in [3.05, 3.63) is 22.4 Å². The summed E-state index contributed by atoms with van der Waals surface area (Å²) in [5.41, 5.74) is 5.91. The molecule has 20 heavy (non-hydrogen) atoms. The minimum absolute atomic E-state index is 0.286. The Bertz CT molecular complexity index is 461. The van der Waals surface area contributed by atoms with E-state index in [2.05, 4.69) is 5.32 Å². The van der Waals surface area contributed by atoms with Crippen molar-refractivity contribution in [2.24, 2.45) is 11.7 Å². The largest absolute Gasteiger partial charge is 0.481 e. The van der Waals surface area contributed by atoms with Gasteiger partial charge in [-0.15, -0.1) is 11.3 Å². The Labute approximate surface area is 122 Å². The molecule has 1 aromatic heterocycles. The molecule has 5 nitrogen and oxygen atoms in total. The summed E-state index contributed by atoms with van der Waals surface area (Å²) in [7, 11) is 0. The van der Waals surface area contributed by atoms with Crippen molar-refractivity contribution in [3.8, 4) is 0 Å². The van der Waals surface area contributed by atoms with E-state index in [9.17, 15) is 14.7 Å². The molecule has 4 N–H and O–H groups in total. The number of carbonyl (C=O) groups is 2. The van der Waals surface area contributed by atoms with Gasteiger partial charge in [0.15, 0.2) is 0 Å². The van der Waals surface area contributed by atoms with Gasteiger partial charge in [-0.25, -0.2) is 0 Å². The summed E-state index contributed by atoms with van der Waals surface area (Å²) >= 11 is 1.43. The predicted molar refractivity (Wildman–Crippen MR) is 77.4 cm³/mol. The first-order valence-corrected chi connectivity index (χ1v) is 7.79. The lowest BCUT2D eigenvalue weighted by Gasteiger charge is -2.24. The monoisotopic (exact) mass is 296 g/mol. The molecule has 3 unspecified atom stereocenters. The highest BCUT2D eigenvalue weighted by Gasteiger charge is 2.31. The second kappa shape index (κ2) is 6.85. The molecule has 1 heterocycles. The maximum atomic E-state index is 12.2. The van der Waals surface area contributed by atoms with E-state index < -0.39 is 17.9 Å². The summed E-state index contributed by atoms with van der Waals surface area (Å²) in [5, 5.41) is 14.0. The van der Waals surface area contributed by atoms with E-state index in [4.69, 9.17) is 5.73 Å². The second-order valence-electron chi connectivity index (χ2n) is 5.19. The molecule has 0 aliphatic heterocycles. The van der Waals surface area contributed by atoms with E-state index in [0.29, 0.717) is 12.8 Å². The fourth-order valence-corrected chi connectivity index (χ4v) is 3.37. The lowest BCUT2D eigenvalue weighted by molar-refractivity contribution is -0.143. The van der Waals surface area contributed by atoms with Crippen molar-refractivity contribution in [1.82, 2.24) is 5.32 Å². The third-order valence-electron chi connectivity index (χ3n) is 3.79. The third-order valence-corrected chi connectivity index (χ3v) is 4.75. The Morgan fingerprint density at radius 3 is 2.75 bits per heavy atom. The number of carbonyl (C=O) groups excluding carboxylic acids is 1. The van der Waals surface area contributed by atoms with Gasteiger partial charge in [0, 0.05) is 10.9 Å². The highest BCUT2D eigenvalue weighted by molar-refractivity contribution is 7.10. The number of nitrogens with one attached hydrogen (secondary N) is 1. The second-order valence-corrected chi connectivity index (χ2v) is 6.17. The molecular weight excluding hydrogens is 276 g/mol. The average Bonchev–Trinajstić information content (AvgIpc) is 2.85. The molecule has 6 heteroatoms.